The summed E-state index contributed by atoms with van der Waals surface area (Å²) in [5.41, 5.74) is 29.4. The molecule has 0 aromatic heterocycles. The van der Waals surface area contributed by atoms with E-state index in [1.165, 1.54) is 100 Å². The van der Waals surface area contributed by atoms with Crippen LogP contribution in [0.5, 0.6) is 11.5 Å². The number of benzene rings is 10. The number of aryl methyl sites for hydroxylation is 2. The number of ether oxygens (including phenoxy) is 2. The molecule has 3 aliphatic carbocycles. The van der Waals surface area contributed by atoms with Gasteiger partial charge in [0.2, 0.25) is 0 Å². The Hall–Kier alpha value is -9.12. The third-order valence-corrected chi connectivity index (χ3v) is 17.9. The van der Waals surface area contributed by atoms with Gasteiger partial charge in [-0.15, -0.1) is 0 Å². The molecule has 0 heterocycles. The van der Waals surface area contributed by atoms with Crippen molar-refractivity contribution in [1.82, 2.24) is 0 Å². The van der Waals surface area contributed by atoms with Crippen molar-refractivity contribution < 1.29 is 9.47 Å². The molecule has 0 spiro atoms. The van der Waals surface area contributed by atoms with Crippen LogP contribution in [0.4, 0.5) is 34.1 Å². The van der Waals surface area contributed by atoms with Gasteiger partial charge in [0.15, 0.2) is 0 Å². The van der Waals surface area contributed by atoms with E-state index in [4.69, 9.17) is 9.47 Å². The van der Waals surface area contributed by atoms with Gasteiger partial charge in [-0.2, -0.15) is 0 Å². The predicted molar refractivity (Wildman–Crippen MR) is 342 cm³/mol. The third-order valence-electron chi connectivity index (χ3n) is 17.9. The number of fused-ring (bicyclic) bond motifs is 9. The average molecular weight is 1050 g/mol. The molecule has 0 bridgehead atoms. The van der Waals surface area contributed by atoms with Crippen molar-refractivity contribution in [2.24, 2.45) is 0 Å². The monoisotopic (exact) mass is 1050 g/mol. The number of methoxy groups -OCH3 is 2. The fourth-order valence-corrected chi connectivity index (χ4v) is 13.3. The van der Waals surface area contributed by atoms with Gasteiger partial charge in [0.05, 0.1) is 14.2 Å². The van der Waals surface area contributed by atoms with Gasteiger partial charge in [-0.3, -0.25) is 0 Å². The van der Waals surface area contributed by atoms with Gasteiger partial charge in [0.1, 0.15) is 11.5 Å². The van der Waals surface area contributed by atoms with Crippen LogP contribution in [-0.2, 0) is 16.2 Å². The van der Waals surface area contributed by atoms with Crippen molar-refractivity contribution in [3.8, 4) is 44.9 Å². The summed E-state index contributed by atoms with van der Waals surface area (Å²) >= 11 is 0. The minimum Gasteiger partial charge on any atom is -0.497 e. The fraction of sp³-hybridized carbons (Fsp3) is 0.169. The topological polar surface area (TPSA) is 24.9 Å². The minimum atomic E-state index is -0.194. The van der Waals surface area contributed by atoms with Gasteiger partial charge >= 0.3 is 0 Å². The first-order valence-corrected chi connectivity index (χ1v) is 28.4. The highest BCUT2D eigenvalue weighted by Crippen LogP contribution is 2.54. The minimum absolute atomic E-state index is 0.160. The van der Waals surface area contributed by atoms with E-state index >= 15 is 0 Å². The molecule has 4 nitrogen and oxygen atoms in total. The largest absolute Gasteiger partial charge is 0.497 e. The first kappa shape index (κ1) is 51.3. The zero-order chi connectivity index (χ0) is 56.0. The number of anilines is 6. The highest BCUT2D eigenvalue weighted by atomic mass is 16.5. The zero-order valence-corrected chi connectivity index (χ0v) is 48.2. The van der Waals surface area contributed by atoms with E-state index in [0.717, 1.165) is 45.6 Å². The Kier molecular flexibility index (Phi) is 12.4. The molecule has 4 heteroatoms. The second-order valence-corrected chi connectivity index (χ2v) is 23.9. The van der Waals surface area contributed by atoms with Crippen LogP contribution in [-0.4, -0.2) is 14.2 Å². The highest BCUT2D eigenvalue weighted by Gasteiger charge is 2.39. The molecule has 0 saturated heterocycles. The lowest BCUT2D eigenvalue weighted by molar-refractivity contribution is 0.414. The lowest BCUT2D eigenvalue weighted by Gasteiger charge is -2.29. The summed E-state index contributed by atoms with van der Waals surface area (Å²) in [5, 5.41) is 0. The summed E-state index contributed by atoms with van der Waals surface area (Å²) in [6.07, 6.45) is 9.15. The van der Waals surface area contributed by atoms with Gasteiger partial charge in [-0.05, 0) is 199 Å². The zero-order valence-electron chi connectivity index (χ0n) is 48.2. The van der Waals surface area contributed by atoms with E-state index in [2.05, 4.69) is 271 Å². The molecular formula is C77H68N2O2. The van der Waals surface area contributed by atoms with Crippen molar-refractivity contribution >= 4 is 58.4 Å². The predicted octanol–water partition coefficient (Wildman–Crippen LogP) is 20.5. The standard InChI is InChI=1S/C77H68N2O2/c1-49-15-11-13-17-73(49)78(55-27-33-59(80-9)34-28-55)57-31-41-65-63-39-25-53(45-69(63)76(5,6)71(65)47-57)21-19-51-23-37-61-62-38-24-52(44-68(62)75(3,4)67(61)43-51)20-22-54-26-40-64-66-42-32-58(48-72(66)77(7,8)70(64)46-54)79(74-18-14-12-16-50(74)2)56-29-35-60(81-10)36-30-56/h11-48H,1-10H3. The van der Waals surface area contributed by atoms with Crippen molar-refractivity contribution in [1.29, 1.82) is 0 Å². The van der Waals surface area contributed by atoms with Crippen LogP contribution < -0.4 is 19.3 Å². The van der Waals surface area contributed by atoms with Gasteiger partial charge in [0.25, 0.3) is 0 Å². The second-order valence-electron chi connectivity index (χ2n) is 23.9. The Labute approximate surface area is 478 Å². The smallest absolute Gasteiger partial charge is 0.119 e. The van der Waals surface area contributed by atoms with Crippen molar-refractivity contribution in [2.75, 3.05) is 24.0 Å². The van der Waals surface area contributed by atoms with Gasteiger partial charge in [-0.25, -0.2) is 0 Å². The summed E-state index contributed by atoms with van der Waals surface area (Å²) < 4.78 is 11.1. The highest BCUT2D eigenvalue weighted by molar-refractivity contribution is 5.91. The van der Waals surface area contributed by atoms with Crippen LogP contribution in [0.15, 0.2) is 206 Å². The Balaban J connectivity index is 0.730. The normalized spacial score (nSPS) is 14.5. The summed E-state index contributed by atoms with van der Waals surface area (Å²) in [5.74, 6) is 1.69. The molecule has 0 amide bonds. The van der Waals surface area contributed by atoms with Crippen LogP contribution in [0.2, 0.25) is 0 Å². The second kappa shape index (κ2) is 19.6. The van der Waals surface area contributed by atoms with Gasteiger partial charge in [-0.1, -0.05) is 187 Å². The van der Waals surface area contributed by atoms with Crippen molar-refractivity contribution in [3.05, 3.63) is 273 Å². The van der Waals surface area contributed by atoms with E-state index < -0.39 is 0 Å². The number of hydrogen-bond donors (Lipinski definition) is 0. The van der Waals surface area contributed by atoms with E-state index in [1.807, 2.05) is 24.3 Å². The summed E-state index contributed by atoms with van der Waals surface area (Å²) in [6.45, 7) is 18.6. The van der Waals surface area contributed by atoms with Crippen LogP contribution >= 0.6 is 0 Å². The molecule has 0 unspecified atom stereocenters. The average Bonchev–Trinajstić information content (AvgIpc) is 3.94. The van der Waals surface area contributed by atoms with E-state index in [1.54, 1.807) is 14.2 Å². The molecule has 10 aromatic rings. The lowest BCUT2D eigenvalue weighted by Crippen LogP contribution is -2.17. The van der Waals surface area contributed by atoms with E-state index in [0.29, 0.717) is 0 Å². The maximum absolute atomic E-state index is 5.53. The number of para-hydroxylation sites is 2. The molecule has 0 atom stereocenters. The van der Waals surface area contributed by atoms with E-state index in [-0.39, 0.29) is 16.2 Å². The summed E-state index contributed by atoms with van der Waals surface area (Å²) in [6, 6.07) is 76.0. The molecule has 10 aromatic carbocycles. The molecule has 13 rings (SSSR count). The Morgan fingerprint density at radius 3 is 0.840 bits per heavy atom. The van der Waals surface area contributed by atoms with Crippen molar-refractivity contribution in [2.45, 2.75) is 71.6 Å². The van der Waals surface area contributed by atoms with Crippen LogP contribution in [0, 0.1) is 13.8 Å². The molecule has 398 valence electrons. The first-order chi connectivity index (χ1) is 39.1. The summed E-state index contributed by atoms with van der Waals surface area (Å²) in [4.78, 5) is 4.73. The first-order valence-electron chi connectivity index (χ1n) is 28.4. The van der Waals surface area contributed by atoms with Crippen molar-refractivity contribution in [3.63, 3.8) is 0 Å². The SMILES string of the molecule is COc1ccc(N(c2ccc3c(c2)C(C)(C)c2cc(C=Cc4ccc5c(c4)C(C)(C)c4cc(C=Cc6ccc7c(c6)C(C)(C)c6cc(N(c8ccc(OC)cc8)c8ccccc8C)ccc6-7)ccc4-5)ccc2-3)c2ccccc2C)cc1. The van der Waals surface area contributed by atoms with Gasteiger partial charge in [0, 0.05) is 50.4 Å². The molecule has 0 N–H and O–H groups in total. The maximum Gasteiger partial charge on any atom is 0.119 e. The van der Waals surface area contributed by atoms with Crippen LogP contribution in [0.3, 0.4) is 0 Å². The Morgan fingerprint density at radius 2 is 0.556 bits per heavy atom. The Morgan fingerprint density at radius 1 is 0.296 bits per heavy atom. The lowest BCUT2D eigenvalue weighted by atomic mass is 9.81. The molecular weight excluding hydrogens is 985 g/mol. The molecule has 81 heavy (non-hydrogen) atoms. The number of hydrogen-bond acceptors (Lipinski definition) is 4. The maximum atomic E-state index is 5.53. The van der Waals surface area contributed by atoms with Gasteiger partial charge < -0.3 is 19.3 Å². The molecule has 0 saturated carbocycles. The van der Waals surface area contributed by atoms with Crippen LogP contribution in [0.25, 0.3) is 57.7 Å². The summed E-state index contributed by atoms with van der Waals surface area (Å²) in [7, 11) is 3.43. The van der Waals surface area contributed by atoms with E-state index in [9.17, 15) is 0 Å². The third kappa shape index (κ3) is 8.68. The molecule has 0 fully saturated rings. The molecule has 3 aliphatic rings. The Bertz CT molecular complexity index is 3920. The molecule has 0 aliphatic heterocycles. The quantitative estimate of drug-likeness (QED) is 0.114. The van der Waals surface area contributed by atoms with Crippen LogP contribution in [0.1, 0.15) is 108 Å². The number of rotatable bonds is 12. The number of nitrogens with zero attached hydrogens (tertiary/aromatic N) is 2. The molecule has 0 radical (unpaired) electrons. The fourth-order valence-electron chi connectivity index (χ4n) is 13.3.